The zero-order valence-electron chi connectivity index (χ0n) is 11.5. The molecule has 6 heteroatoms. The molecule has 2 aliphatic heterocycles. The van der Waals surface area contributed by atoms with Gasteiger partial charge in [-0.25, -0.2) is 0 Å². The van der Waals surface area contributed by atoms with Crippen LogP contribution in [0.3, 0.4) is 0 Å². The van der Waals surface area contributed by atoms with Crippen molar-refractivity contribution in [1.82, 2.24) is 4.90 Å². The van der Waals surface area contributed by atoms with Crippen molar-refractivity contribution in [3.8, 4) is 5.75 Å². The second kappa shape index (κ2) is 5.49. The SMILES string of the molecule is C=C1C(=O)N=NC=C1N1Cc2cccc(OCCO)c2C1. The number of carbonyl (C=O) groups is 1. The van der Waals surface area contributed by atoms with Crippen LogP contribution >= 0.6 is 0 Å². The predicted octanol–water partition coefficient (Wildman–Crippen LogP) is 1.76. The maximum Gasteiger partial charge on any atom is 0.296 e. The topological polar surface area (TPSA) is 74.5 Å². The third-order valence-corrected chi connectivity index (χ3v) is 3.53. The lowest BCUT2D eigenvalue weighted by Crippen LogP contribution is -2.21. The number of aliphatic hydroxyl groups excluding tert-OH is 1. The smallest absolute Gasteiger partial charge is 0.296 e. The summed E-state index contributed by atoms with van der Waals surface area (Å²) < 4.78 is 5.55. The highest BCUT2D eigenvalue weighted by atomic mass is 16.5. The first kappa shape index (κ1) is 13.5. The van der Waals surface area contributed by atoms with Crippen molar-refractivity contribution < 1.29 is 14.6 Å². The number of amides is 1. The maximum absolute atomic E-state index is 11.6. The van der Waals surface area contributed by atoms with Gasteiger partial charge in [0.2, 0.25) is 0 Å². The van der Waals surface area contributed by atoms with Crippen LogP contribution in [0.15, 0.2) is 52.5 Å². The lowest BCUT2D eigenvalue weighted by molar-refractivity contribution is -0.114. The van der Waals surface area contributed by atoms with E-state index in [0.717, 1.165) is 16.9 Å². The van der Waals surface area contributed by atoms with Crippen molar-refractivity contribution in [2.45, 2.75) is 13.1 Å². The van der Waals surface area contributed by atoms with Gasteiger partial charge in [0.1, 0.15) is 12.4 Å². The number of benzene rings is 1. The largest absolute Gasteiger partial charge is 0.491 e. The predicted molar refractivity (Wildman–Crippen MR) is 75.4 cm³/mol. The summed E-state index contributed by atoms with van der Waals surface area (Å²) in [6, 6.07) is 5.83. The molecule has 0 bridgehead atoms. The molecule has 0 saturated carbocycles. The van der Waals surface area contributed by atoms with Crippen LogP contribution in [-0.4, -0.2) is 29.1 Å². The summed E-state index contributed by atoms with van der Waals surface area (Å²) in [7, 11) is 0. The standard InChI is InChI=1S/C15H15N3O3/c1-10-13(7-16-17-15(10)20)18-8-11-3-2-4-14(12(11)9-18)21-6-5-19/h2-4,7,19H,1,5-6,8-9H2. The Hall–Kier alpha value is -2.47. The van der Waals surface area contributed by atoms with Crippen LogP contribution in [0.5, 0.6) is 5.75 Å². The lowest BCUT2D eigenvalue weighted by Gasteiger charge is -2.22. The number of rotatable bonds is 4. The van der Waals surface area contributed by atoms with Gasteiger partial charge in [-0.2, -0.15) is 5.11 Å². The minimum atomic E-state index is -0.403. The first-order chi connectivity index (χ1) is 10.2. The van der Waals surface area contributed by atoms with Gasteiger partial charge < -0.3 is 14.7 Å². The van der Waals surface area contributed by atoms with Gasteiger partial charge in [-0.05, 0) is 11.6 Å². The minimum Gasteiger partial charge on any atom is -0.491 e. The molecule has 0 saturated heterocycles. The summed E-state index contributed by atoms with van der Waals surface area (Å²) >= 11 is 0. The molecule has 2 heterocycles. The van der Waals surface area contributed by atoms with Crippen molar-refractivity contribution in [3.05, 3.63) is 53.4 Å². The molecule has 0 spiro atoms. The van der Waals surface area contributed by atoms with E-state index in [1.165, 1.54) is 0 Å². The van der Waals surface area contributed by atoms with Crippen LogP contribution in [0, 0.1) is 0 Å². The van der Waals surface area contributed by atoms with E-state index in [-0.39, 0.29) is 13.2 Å². The Morgan fingerprint density at radius 3 is 3.05 bits per heavy atom. The Kier molecular flexibility index (Phi) is 3.53. The van der Waals surface area contributed by atoms with Gasteiger partial charge in [-0.15, -0.1) is 5.11 Å². The number of aliphatic hydroxyl groups is 1. The number of nitrogens with zero attached hydrogens (tertiary/aromatic N) is 3. The molecule has 0 aliphatic carbocycles. The zero-order chi connectivity index (χ0) is 14.8. The molecule has 0 fully saturated rings. The number of carbonyl (C=O) groups excluding carboxylic acids is 1. The molecule has 1 N–H and O–H groups in total. The van der Waals surface area contributed by atoms with E-state index in [0.29, 0.717) is 24.4 Å². The second-order valence-electron chi connectivity index (χ2n) is 4.84. The summed E-state index contributed by atoms with van der Waals surface area (Å²) in [6.45, 7) is 5.30. The van der Waals surface area contributed by atoms with E-state index in [1.54, 1.807) is 6.20 Å². The Morgan fingerprint density at radius 1 is 1.38 bits per heavy atom. The molecular formula is C15H15N3O3. The molecule has 6 nitrogen and oxygen atoms in total. The van der Waals surface area contributed by atoms with Crippen molar-refractivity contribution >= 4 is 5.91 Å². The Balaban J connectivity index is 1.85. The van der Waals surface area contributed by atoms with E-state index in [9.17, 15) is 4.79 Å². The van der Waals surface area contributed by atoms with Crippen LogP contribution in [0.2, 0.25) is 0 Å². The summed E-state index contributed by atoms with van der Waals surface area (Å²) in [6.07, 6.45) is 1.56. The number of hydrogen-bond donors (Lipinski definition) is 1. The summed E-state index contributed by atoms with van der Waals surface area (Å²) in [5.74, 6) is 0.360. The van der Waals surface area contributed by atoms with Crippen LogP contribution in [0.25, 0.3) is 0 Å². The van der Waals surface area contributed by atoms with E-state index >= 15 is 0 Å². The number of fused-ring (bicyclic) bond motifs is 1. The molecule has 108 valence electrons. The Morgan fingerprint density at radius 2 is 2.24 bits per heavy atom. The van der Waals surface area contributed by atoms with E-state index in [2.05, 4.69) is 16.8 Å². The quantitative estimate of drug-likeness (QED) is 0.855. The molecular weight excluding hydrogens is 270 g/mol. The van der Waals surface area contributed by atoms with Gasteiger partial charge >= 0.3 is 0 Å². The highest BCUT2D eigenvalue weighted by Gasteiger charge is 2.28. The molecule has 0 radical (unpaired) electrons. The molecule has 3 rings (SSSR count). The van der Waals surface area contributed by atoms with E-state index < -0.39 is 5.91 Å². The van der Waals surface area contributed by atoms with E-state index in [4.69, 9.17) is 9.84 Å². The zero-order valence-corrected chi connectivity index (χ0v) is 11.5. The van der Waals surface area contributed by atoms with Gasteiger partial charge in [0.05, 0.1) is 24.1 Å². The van der Waals surface area contributed by atoms with Gasteiger partial charge in [0.15, 0.2) is 0 Å². The number of hydrogen-bond acceptors (Lipinski definition) is 5. The highest BCUT2D eigenvalue weighted by molar-refractivity contribution is 5.98. The third kappa shape index (κ3) is 2.45. The summed E-state index contributed by atoms with van der Waals surface area (Å²) in [5, 5.41) is 16.1. The van der Waals surface area contributed by atoms with Crippen LogP contribution in [0.4, 0.5) is 0 Å². The molecule has 1 aromatic carbocycles. The molecule has 1 amide bonds. The van der Waals surface area contributed by atoms with Gasteiger partial charge in [-0.3, -0.25) is 4.79 Å². The van der Waals surface area contributed by atoms with Crippen molar-refractivity contribution in [3.63, 3.8) is 0 Å². The minimum absolute atomic E-state index is 0.0236. The van der Waals surface area contributed by atoms with Gasteiger partial charge in [0, 0.05) is 18.7 Å². The van der Waals surface area contributed by atoms with Crippen molar-refractivity contribution in [2.75, 3.05) is 13.2 Å². The van der Waals surface area contributed by atoms with Crippen LogP contribution < -0.4 is 4.74 Å². The molecule has 0 aromatic heterocycles. The lowest BCUT2D eigenvalue weighted by atomic mass is 10.1. The maximum atomic E-state index is 11.6. The molecule has 2 aliphatic rings. The first-order valence-corrected chi connectivity index (χ1v) is 6.64. The van der Waals surface area contributed by atoms with Crippen LogP contribution in [-0.2, 0) is 17.9 Å². The second-order valence-corrected chi connectivity index (χ2v) is 4.84. The molecule has 0 atom stereocenters. The summed E-state index contributed by atoms with van der Waals surface area (Å²) in [4.78, 5) is 13.6. The normalized spacial score (nSPS) is 17.0. The Labute approximate surface area is 122 Å². The van der Waals surface area contributed by atoms with E-state index in [1.807, 2.05) is 23.1 Å². The fourth-order valence-corrected chi connectivity index (χ4v) is 2.51. The molecule has 1 aromatic rings. The first-order valence-electron chi connectivity index (χ1n) is 6.64. The third-order valence-electron chi connectivity index (χ3n) is 3.53. The average Bonchev–Trinajstić information content (AvgIpc) is 2.92. The Bertz CT molecular complexity index is 664. The monoisotopic (exact) mass is 285 g/mol. The van der Waals surface area contributed by atoms with Crippen molar-refractivity contribution in [1.29, 1.82) is 0 Å². The fourth-order valence-electron chi connectivity index (χ4n) is 2.51. The summed E-state index contributed by atoms with van der Waals surface area (Å²) in [5.41, 5.74) is 3.25. The molecule has 0 unspecified atom stereocenters. The molecule has 21 heavy (non-hydrogen) atoms. The van der Waals surface area contributed by atoms with Crippen molar-refractivity contribution in [2.24, 2.45) is 10.2 Å². The number of azo groups is 1. The van der Waals surface area contributed by atoms with Gasteiger partial charge in [0.25, 0.3) is 5.91 Å². The van der Waals surface area contributed by atoms with Gasteiger partial charge in [-0.1, -0.05) is 18.7 Å². The average molecular weight is 285 g/mol. The fraction of sp³-hybridized carbons (Fsp3) is 0.267. The highest BCUT2D eigenvalue weighted by Crippen LogP contribution is 2.35. The van der Waals surface area contributed by atoms with Crippen LogP contribution in [0.1, 0.15) is 11.1 Å². The number of ether oxygens (including phenoxy) is 1.